The van der Waals surface area contributed by atoms with E-state index in [0.29, 0.717) is 19.1 Å². The molecular formula is C16H24O3. The first-order chi connectivity index (χ1) is 9.13. The van der Waals surface area contributed by atoms with Crippen molar-refractivity contribution in [2.24, 2.45) is 11.8 Å². The lowest BCUT2D eigenvalue weighted by Crippen LogP contribution is -2.21. The number of ether oxygens (including phenoxy) is 2. The average Bonchev–Trinajstić information content (AvgIpc) is 2.41. The Hall–Kier alpha value is -1.51. The molecule has 3 nitrogen and oxygen atoms in total. The van der Waals surface area contributed by atoms with Gasteiger partial charge in [-0.15, -0.1) is 0 Å². The molecule has 0 spiro atoms. The van der Waals surface area contributed by atoms with E-state index in [9.17, 15) is 4.79 Å². The van der Waals surface area contributed by atoms with E-state index in [2.05, 4.69) is 13.8 Å². The molecule has 0 aliphatic rings. The second-order valence-corrected chi connectivity index (χ2v) is 5.06. The van der Waals surface area contributed by atoms with E-state index in [1.54, 1.807) is 0 Å². The lowest BCUT2D eigenvalue weighted by molar-refractivity contribution is -0.150. The van der Waals surface area contributed by atoms with Crippen LogP contribution >= 0.6 is 0 Å². The summed E-state index contributed by atoms with van der Waals surface area (Å²) in [5, 5.41) is 0. The Kier molecular flexibility index (Phi) is 7.01. The molecule has 1 aromatic rings. The average molecular weight is 264 g/mol. The summed E-state index contributed by atoms with van der Waals surface area (Å²) in [5.41, 5.74) is 0. The smallest absolute Gasteiger partial charge is 0.309 e. The zero-order valence-corrected chi connectivity index (χ0v) is 12.1. The van der Waals surface area contributed by atoms with E-state index in [0.717, 1.165) is 18.6 Å². The Morgan fingerprint density at radius 2 is 1.84 bits per heavy atom. The molecule has 0 amide bonds. The molecule has 3 heteroatoms. The molecule has 0 aromatic heterocycles. The van der Waals surface area contributed by atoms with Gasteiger partial charge in [0.25, 0.3) is 0 Å². The van der Waals surface area contributed by atoms with Crippen LogP contribution in [0, 0.1) is 11.8 Å². The summed E-state index contributed by atoms with van der Waals surface area (Å²) in [6.45, 7) is 6.97. The molecule has 1 atom stereocenters. The molecule has 0 aliphatic carbocycles. The van der Waals surface area contributed by atoms with E-state index in [4.69, 9.17) is 9.47 Å². The lowest BCUT2D eigenvalue weighted by Gasteiger charge is -2.16. The van der Waals surface area contributed by atoms with Crippen LogP contribution < -0.4 is 4.74 Å². The number of carbonyl (C=O) groups excluding carboxylic acids is 1. The van der Waals surface area contributed by atoms with Gasteiger partial charge in [-0.2, -0.15) is 0 Å². The van der Waals surface area contributed by atoms with Gasteiger partial charge in [-0.05, 0) is 30.9 Å². The Morgan fingerprint density at radius 1 is 1.16 bits per heavy atom. The van der Waals surface area contributed by atoms with Crippen LogP contribution in [0.3, 0.4) is 0 Å². The normalized spacial score (nSPS) is 12.2. The highest BCUT2D eigenvalue weighted by Gasteiger charge is 2.18. The molecular weight excluding hydrogens is 240 g/mol. The van der Waals surface area contributed by atoms with Gasteiger partial charge in [-0.25, -0.2) is 0 Å². The molecule has 0 radical (unpaired) electrons. The molecule has 0 saturated heterocycles. The maximum Gasteiger partial charge on any atom is 0.309 e. The van der Waals surface area contributed by atoms with Crippen LogP contribution in [0.4, 0.5) is 0 Å². The second-order valence-electron chi connectivity index (χ2n) is 5.06. The highest BCUT2D eigenvalue weighted by atomic mass is 16.6. The first-order valence-corrected chi connectivity index (χ1v) is 6.98. The van der Waals surface area contributed by atoms with Crippen LogP contribution in [-0.2, 0) is 9.53 Å². The number of carbonyl (C=O) groups is 1. The Bertz CT molecular complexity index is 360. The molecule has 106 valence electrons. The molecule has 0 heterocycles. The summed E-state index contributed by atoms with van der Waals surface area (Å²) in [6, 6.07) is 9.53. The molecule has 0 N–H and O–H groups in total. The van der Waals surface area contributed by atoms with E-state index >= 15 is 0 Å². The van der Waals surface area contributed by atoms with E-state index < -0.39 is 0 Å². The first-order valence-electron chi connectivity index (χ1n) is 6.98. The first kappa shape index (κ1) is 15.5. The summed E-state index contributed by atoms with van der Waals surface area (Å²) in [6.07, 6.45) is 1.71. The Labute approximate surface area is 115 Å². The van der Waals surface area contributed by atoms with Gasteiger partial charge in [-0.1, -0.05) is 39.0 Å². The van der Waals surface area contributed by atoms with Gasteiger partial charge >= 0.3 is 5.97 Å². The monoisotopic (exact) mass is 264 g/mol. The topological polar surface area (TPSA) is 35.5 Å². The quantitative estimate of drug-likeness (QED) is 0.530. The number of hydrogen-bond donors (Lipinski definition) is 0. The van der Waals surface area contributed by atoms with Gasteiger partial charge in [0.2, 0.25) is 0 Å². The van der Waals surface area contributed by atoms with Gasteiger partial charge in [0.1, 0.15) is 19.0 Å². The van der Waals surface area contributed by atoms with Crippen molar-refractivity contribution in [2.75, 3.05) is 13.2 Å². The minimum Gasteiger partial charge on any atom is -0.490 e. The van der Waals surface area contributed by atoms with Gasteiger partial charge in [0.05, 0.1) is 5.92 Å². The van der Waals surface area contributed by atoms with Crippen molar-refractivity contribution in [3.63, 3.8) is 0 Å². The van der Waals surface area contributed by atoms with Crippen molar-refractivity contribution in [2.45, 2.75) is 33.6 Å². The molecule has 1 aromatic carbocycles. The minimum atomic E-state index is -0.104. The molecule has 0 fully saturated rings. The van der Waals surface area contributed by atoms with Crippen molar-refractivity contribution in [1.82, 2.24) is 0 Å². The van der Waals surface area contributed by atoms with Crippen molar-refractivity contribution in [3.8, 4) is 5.75 Å². The van der Waals surface area contributed by atoms with Crippen LogP contribution in [0.5, 0.6) is 5.75 Å². The van der Waals surface area contributed by atoms with Crippen LogP contribution in [-0.4, -0.2) is 19.2 Å². The molecule has 0 aliphatic heterocycles. The number of rotatable bonds is 8. The second kappa shape index (κ2) is 8.57. The predicted molar refractivity (Wildman–Crippen MR) is 76.1 cm³/mol. The van der Waals surface area contributed by atoms with Gasteiger partial charge in [0, 0.05) is 0 Å². The summed E-state index contributed by atoms with van der Waals surface area (Å²) in [7, 11) is 0. The standard InChI is InChI=1S/C16H24O3/c1-4-14(12-13(2)3)16(17)19-11-10-18-15-8-6-5-7-9-15/h5-9,13-14H,4,10-12H2,1-3H3/t14-/m1/s1. The van der Waals surface area contributed by atoms with Crippen LogP contribution in [0.1, 0.15) is 33.6 Å². The third kappa shape index (κ3) is 6.27. The van der Waals surface area contributed by atoms with Crippen molar-refractivity contribution in [3.05, 3.63) is 30.3 Å². The molecule has 19 heavy (non-hydrogen) atoms. The van der Waals surface area contributed by atoms with Crippen LogP contribution in [0.15, 0.2) is 30.3 Å². The highest BCUT2D eigenvalue weighted by Crippen LogP contribution is 2.16. The fourth-order valence-electron chi connectivity index (χ4n) is 1.93. The van der Waals surface area contributed by atoms with Crippen LogP contribution in [0.2, 0.25) is 0 Å². The van der Waals surface area contributed by atoms with Crippen molar-refractivity contribution < 1.29 is 14.3 Å². The van der Waals surface area contributed by atoms with Gasteiger partial charge in [0.15, 0.2) is 0 Å². The van der Waals surface area contributed by atoms with Crippen LogP contribution in [0.25, 0.3) is 0 Å². The number of para-hydroxylation sites is 1. The van der Waals surface area contributed by atoms with Crippen molar-refractivity contribution >= 4 is 5.97 Å². The molecule has 1 rings (SSSR count). The Morgan fingerprint density at radius 3 is 2.42 bits per heavy atom. The lowest BCUT2D eigenvalue weighted by atomic mass is 9.95. The summed E-state index contributed by atoms with van der Waals surface area (Å²) < 4.78 is 10.7. The summed E-state index contributed by atoms with van der Waals surface area (Å²) in [5.74, 6) is 1.22. The van der Waals surface area contributed by atoms with E-state index in [1.807, 2.05) is 37.3 Å². The van der Waals surface area contributed by atoms with E-state index in [1.165, 1.54) is 0 Å². The van der Waals surface area contributed by atoms with Gasteiger partial charge in [-0.3, -0.25) is 4.79 Å². The number of benzene rings is 1. The maximum atomic E-state index is 11.8. The minimum absolute atomic E-state index is 0.0109. The zero-order valence-electron chi connectivity index (χ0n) is 12.1. The Balaban J connectivity index is 2.22. The molecule has 0 unspecified atom stereocenters. The zero-order chi connectivity index (χ0) is 14.1. The summed E-state index contributed by atoms with van der Waals surface area (Å²) in [4.78, 5) is 11.8. The van der Waals surface area contributed by atoms with Gasteiger partial charge < -0.3 is 9.47 Å². The summed E-state index contributed by atoms with van der Waals surface area (Å²) >= 11 is 0. The fraction of sp³-hybridized carbons (Fsp3) is 0.562. The molecule has 0 bridgehead atoms. The number of esters is 1. The SMILES string of the molecule is CC[C@H](CC(C)C)C(=O)OCCOc1ccccc1. The fourth-order valence-corrected chi connectivity index (χ4v) is 1.93. The largest absolute Gasteiger partial charge is 0.490 e. The number of hydrogen-bond acceptors (Lipinski definition) is 3. The van der Waals surface area contributed by atoms with Crippen molar-refractivity contribution in [1.29, 1.82) is 0 Å². The highest BCUT2D eigenvalue weighted by molar-refractivity contribution is 5.72. The molecule has 0 saturated carbocycles. The predicted octanol–water partition coefficient (Wildman–Crippen LogP) is 3.68. The third-order valence-corrected chi connectivity index (χ3v) is 2.92. The third-order valence-electron chi connectivity index (χ3n) is 2.92. The van der Waals surface area contributed by atoms with E-state index in [-0.39, 0.29) is 11.9 Å². The maximum absolute atomic E-state index is 11.8.